The molecule has 3 aromatic rings. The molecule has 0 unspecified atom stereocenters. The van der Waals surface area contributed by atoms with Gasteiger partial charge in [0.25, 0.3) is 5.91 Å². The number of aryl methyl sites for hydroxylation is 1. The van der Waals surface area contributed by atoms with Crippen LogP contribution in [0.15, 0.2) is 72.8 Å². The number of ether oxygens (including phenoxy) is 3. The average molecular weight is 446 g/mol. The Morgan fingerprint density at radius 3 is 2.48 bits per heavy atom. The molecule has 0 heterocycles. The number of methoxy groups -OCH3 is 1. The topological polar surface area (TPSA) is 73.9 Å². The summed E-state index contributed by atoms with van der Waals surface area (Å²) in [6.45, 7) is 4.05. The Kier molecular flexibility index (Phi) is 8.24. The van der Waals surface area contributed by atoms with Crippen molar-refractivity contribution >= 4 is 23.5 Å². The maximum Gasteiger partial charge on any atom is 0.262 e. The van der Waals surface area contributed by atoms with Crippen molar-refractivity contribution in [1.29, 1.82) is 0 Å². The summed E-state index contributed by atoms with van der Waals surface area (Å²) >= 11 is 0. The van der Waals surface area contributed by atoms with Crippen LogP contribution in [0.5, 0.6) is 17.2 Å². The van der Waals surface area contributed by atoms with E-state index in [0.717, 1.165) is 11.1 Å². The molecular weight excluding hydrogens is 418 g/mol. The largest absolute Gasteiger partial charge is 0.495 e. The molecule has 6 nitrogen and oxygen atoms in total. The Morgan fingerprint density at radius 2 is 1.73 bits per heavy atom. The molecule has 0 saturated carbocycles. The Morgan fingerprint density at radius 1 is 0.909 bits per heavy atom. The highest BCUT2D eigenvalue weighted by Gasteiger charge is 2.11. The number of hydrogen-bond donors (Lipinski definition) is 1. The molecule has 6 heteroatoms. The van der Waals surface area contributed by atoms with Crippen LogP contribution in [0, 0.1) is 6.92 Å². The van der Waals surface area contributed by atoms with Gasteiger partial charge in [0.15, 0.2) is 23.9 Å². The number of rotatable bonds is 10. The zero-order valence-corrected chi connectivity index (χ0v) is 19.0. The molecule has 0 aliphatic carbocycles. The number of nitrogens with one attached hydrogen (secondary N) is 1. The molecule has 0 radical (unpaired) electrons. The molecule has 3 aromatic carbocycles. The number of carbonyl (C=O) groups excluding carboxylic acids is 2. The van der Waals surface area contributed by atoms with E-state index in [4.69, 9.17) is 14.2 Å². The van der Waals surface area contributed by atoms with Crippen LogP contribution in [-0.2, 0) is 4.79 Å². The first kappa shape index (κ1) is 23.6. The van der Waals surface area contributed by atoms with Crippen molar-refractivity contribution < 1.29 is 23.8 Å². The predicted molar refractivity (Wildman–Crippen MR) is 129 cm³/mol. The zero-order chi connectivity index (χ0) is 23.6. The van der Waals surface area contributed by atoms with Gasteiger partial charge in [-0.05, 0) is 55.8 Å². The van der Waals surface area contributed by atoms with Gasteiger partial charge in [-0.15, -0.1) is 0 Å². The zero-order valence-electron chi connectivity index (χ0n) is 19.0. The van der Waals surface area contributed by atoms with E-state index in [1.54, 1.807) is 49.6 Å². The average Bonchev–Trinajstić information content (AvgIpc) is 2.82. The summed E-state index contributed by atoms with van der Waals surface area (Å²) in [5, 5.41) is 2.77. The lowest BCUT2D eigenvalue weighted by molar-refractivity contribution is -0.118. The Balaban J connectivity index is 1.66. The van der Waals surface area contributed by atoms with E-state index < -0.39 is 0 Å². The highest BCUT2D eigenvalue weighted by atomic mass is 16.5. The lowest BCUT2D eigenvalue weighted by Gasteiger charge is -2.13. The van der Waals surface area contributed by atoms with Crippen LogP contribution in [0.25, 0.3) is 6.08 Å². The Bertz CT molecular complexity index is 1150. The molecule has 0 fully saturated rings. The highest BCUT2D eigenvalue weighted by molar-refractivity contribution is 6.06. The highest BCUT2D eigenvalue weighted by Crippen LogP contribution is 2.29. The smallest absolute Gasteiger partial charge is 0.262 e. The summed E-state index contributed by atoms with van der Waals surface area (Å²) in [5.74, 6) is 1.10. The van der Waals surface area contributed by atoms with Gasteiger partial charge in [0.2, 0.25) is 0 Å². The number of anilines is 1. The van der Waals surface area contributed by atoms with Crippen LogP contribution in [0.2, 0.25) is 0 Å². The van der Waals surface area contributed by atoms with E-state index in [1.165, 1.54) is 6.08 Å². The van der Waals surface area contributed by atoms with Crippen LogP contribution in [0.4, 0.5) is 5.69 Å². The summed E-state index contributed by atoms with van der Waals surface area (Å²) in [6, 6.07) is 19.9. The van der Waals surface area contributed by atoms with Gasteiger partial charge in [-0.1, -0.05) is 48.0 Å². The maximum atomic E-state index is 12.4. The molecular formula is C27H27NO5. The molecule has 0 aromatic heterocycles. The molecule has 0 aliphatic heterocycles. The fourth-order valence-corrected chi connectivity index (χ4v) is 3.16. The van der Waals surface area contributed by atoms with Crippen LogP contribution >= 0.6 is 0 Å². The van der Waals surface area contributed by atoms with Crippen molar-refractivity contribution in [3.05, 3.63) is 89.5 Å². The molecule has 170 valence electrons. The third-order valence-corrected chi connectivity index (χ3v) is 4.74. The van der Waals surface area contributed by atoms with Crippen molar-refractivity contribution in [3.8, 4) is 17.2 Å². The standard InChI is InChI=1S/C27H27NO5/c1-4-32-26-17-20(12-14-23(29)21-9-7-8-19(2)16-21)13-15-25(26)33-18-27(30)28-22-10-5-6-11-24(22)31-3/h5-17H,4,18H2,1-3H3,(H,28,30)/b14-12+. The summed E-state index contributed by atoms with van der Waals surface area (Å²) in [7, 11) is 1.54. The van der Waals surface area contributed by atoms with E-state index in [-0.39, 0.29) is 18.3 Å². The molecule has 0 bridgehead atoms. The van der Waals surface area contributed by atoms with E-state index in [2.05, 4.69) is 5.32 Å². The Labute approximate surface area is 193 Å². The summed E-state index contributed by atoms with van der Waals surface area (Å²) in [5.41, 5.74) is 3.02. The van der Waals surface area contributed by atoms with Gasteiger partial charge in [0, 0.05) is 5.56 Å². The van der Waals surface area contributed by atoms with Crippen molar-refractivity contribution in [3.63, 3.8) is 0 Å². The van der Waals surface area contributed by atoms with Gasteiger partial charge in [-0.3, -0.25) is 9.59 Å². The predicted octanol–water partition coefficient (Wildman–Crippen LogP) is 5.32. The molecule has 0 saturated heterocycles. The fraction of sp³-hybridized carbons (Fsp3) is 0.185. The van der Waals surface area contributed by atoms with E-state index in [0.29, 0.717) is 35.1 Å². The van der Waals surface area contributed by atoms with Crippen LogP contribution < -0.4 is 19.5 Å². The van der Waals surface area contributed by atoms with Crippen molar-refractivity contribution in [2.45, 2.75) is 13.8 Å². The summed E-state index contributed by atoms with van der Waals surface area (Å²) in [6.07, 6.45) is 3.26. The van der Waals surface area contributed by atoms with Crippen LogP contribution in [0.3, 0.4) is 0 Å². The summed E-state index contributed by atoms with van der Waals surface area (Å²) in [4.78, 5) is 24.8. The first-order valence-electron chi connectivity index (χ1n) is 10.6. The van der Waals surface area contributed by atoms with Gasteiger partial charge >= 0.3 is 0 Å². The minimum atomic E-state index is -0.324. The number of ketones is 1. The number of benzene rings is 3. The van der Waals surface area contributed by atoms with Crippen molar-refractivity contribution in [1.82, 2.24) is 0 Å². The monoisotopic (exact) mass is 445 g/mol. The van der Waals surface area contributed by atoms with E-state index in [9.17, 15) is 9.59 Å². The molecule has 1 amide bonds. The van der Waals surface area contributed by atoms with E-state index >= 15 is 0 Å². The fourth-order valence-electron chi connectivity index (χ4n) is 3.16. The van der Waals surface area contributed by atoms with Gasteiger partial charge in [-0.25, -0.2) is 0 Å². The number of allylic oxidation sites excluding steroid dienone is 1. The molecule has 3 rings (SSSR count). The molecule has 33 heavy (non-hydrogen) atoms. The van der Waals surface area contributed by atoms with Crippen LogP contribution in [-0.4, -0.2) is 32.0 Å². The normalized spacial score (nSPS) is 10.6. The summed E-state index contributed by atoms with van der Waals surface area (Å²) < 4.78 is 16.6. The molecule has 0 aliphatic rings. The lowest BCUT2D eigenvalue weighted by Crippen LogP contribution is -2.20. The second-order valence-electron chi connectivity index (χ2n) is 7.24. The van der Waals surface area contributed by atoms with Gasteiger partial charge in [0.1, 0.15) is 5.75 Å². The molecule has 1 N–H and O–H groups in total. The number of para-hydroxylation sites is 2. The van der Waals surface area contributed by atoms with Crippen molar-refractivity contribution in [2.75, 3.05) is 25.6 Å². The number of carbonyl (C=O) groups is 2. The lowest BCUT2D eigenvalue weighted by atomic mass is 10.1. The molecule has 0 atom stereocenters. The van der Waals surface area contributed by atoms with Gasteiger partial charge in [-0.2, -0.15) is 0 Å². The van der Waals surface area contributed by atoms with E-state index in [1.807, 2.05) is 44.2 Å². The van der Waals surface area contributed by atoms with Crippen LogP contribution in [0.1, 0.15) is 28.4 Å². The maximum absolute atomic E-state index is 12.4. The van der Waals surface area contributed by atoms with Gasteiger partial charge in [0.05, 0.1) is 19.4 Å². The quantitative estimate of drug-likeness (QED) is 0.338. The SMILES string of the molecule is CCOc1cc(/C=C/C(=O)c2cccc(C)c2)ccc1OCC(=O)Nc1ccccc1OC. The molecule has 0 spiro atoms. The minimum Gasteiger partial charge on any atom is -0.495 e. The second-order valence-corrected chi connectivity index (χ2v) is 7.24. The number of amides is 1. The first-order valence-corrected chi connectivity index (χ1v) is 10.6. The Hall–Kier alpha value is -4.06. The second kappa shape index (κ2) is 11.5. The minimum absolute atomic E-state index is 0.0787. The van der Waals surface area contributed by atoms with Gasteiger partial charge < -0.3 is 19.5 Å². The third-order valence-electron chi connectivity index (χ3n) is 4.74. The number of hydrogen-bond acceptors (Lipinski definition) is 5. The first-order chi connectivity index (χ1) is 16.0. The third kappa shape index (κ3) is 6.71. The van der Waals surface area contributed by atoms with Crippen molar-refractivity contribution in [2.24, 2.45) is 0 Å².